The summed E-state index contributed by atoms with van der Waals surface area (Å²) in [6, 6.07) is 0.0257. The Morgan fingerprint density at radius 3 is 3.11 bits per heavy atom. The predicted molar refractivity (Wildman–Crippen MR) is 71.6 cm³/mol. The Kier molecular flexibility index (Phi) is 3.89. The van der Waals surface area contributed by atoms with Gasteiger partial charge in [-0.05, 0) is 13.8 Å². The lowest BCUT2D eigenvalue weighted by molar-refractivity contribution is -0.136. The number of hydrogen-bond donors (Lipinski definition) is 2. The number of fused-ring (bicyclic) bond motifs is 1. The molecular weight excluding hydrogens is 274 g/mol. The molecule has 0 spiro atoms. The summed E-state index contributed by atoms with van der Waals surface area (Å²) in [5, 5.41) is 14.1. The van der Waals surface area contributed by atoms with Crippen LogP contribution in [0.4, 0.5) is 0 Å². The molecule has 0 saturated carbocycles. The molecule has 2 rings (SSSR count). The zero-order chi connectivity index (χ0) is 13.3. The van der Waals surface area contributed by atoms with Gasteiger partial charge in [0, 0.05) is 23.5 Å². The van der Waals surface area contributed by atoms with Crippen LogP contribution in [-0.4, -0.2) is 33.0 Å². The minimum atomic E-state index is -0.863. The highest BCUT2D eigenvalue weighted by atomic mass is 35.5. The zero-order valence-electron chi connectivity index (χ0n) is 10.1. The number of aliphatic carboxylic acids is 1. The average Bonchev–Trinajstić information content (AvgIpc) is 2.78. The predicted octanol–water partition coefficient (Wildman–Crippen LogP) is 1.96. The first kappa shape index (κ1) is 13.3. The molecule has 2 aromatic heterocycles. The number of nitrogens with zero attached hydrogens (tertiary/aromatic N) is 2. The van der Waals surface area contributed by atoms with Crippen LogP contribution in [0.2, 0.25) is 5.15 Å². The van der Waals surface area contributed by atoms with Crippen LogP contribution in [-0.2, 0) is 11.2 Å². The molecule has 0 saturated heterocycles. The van der Waals surface area contributed by atoms with Crippen LogP contribution in [0.1, 0.15) is 18.3 Å². The Morgan fingerprint density at radius 2 is 2.44 bits per heavy atom. The maximum Gasteiger partial charge on any atom is 0.317 e. The highest BCUT2D eigenvalue weighted by Crippen LogP contribution is 2.24. The second-order valence-corrected chi connectivity index (χ2v) is 5.42. The molecule has 2 N–H and O–H groups in total. The van der Waals surface area contributed by atoms with Gasteiger partial charge in [-0.15, -0.1) is 11.3 Å². The van der Waals surface area contributed by atoms with Crippen molar-refractivity contribution in [2.24, 2.45) is 0 Å². The van der Waals surface area contributed by atoms with Crippen molar-refractivity contribution in [3.05, 3.63) is 21.9 Å². The molecule has 5 nitrogen and oxygen atoms in total. The monoisotopic (exact) mass is 287 g/mol. The summed E-state index contributed by atoms with van der Waals surface area (Å²) in [7, 11) is 0. The summed E-state index contributed by atoms with van der Waals surface area (Å²) in [5.41, 5.74) is 2.02. The molecule has 1 atom stereocenters. The van der Waals surface area contributed by atoms with Crippen molar-refractivity contribution >= 4 is 33.9 Å². The summed E-state index contributed by atoms with van der Waals surface area (Å²) in [4.78, 5) is 15.7. The number of rotatable bonds is 5. The van der Waals surface area contributed by atoms with Crippen molar-refractivity contribution in [1.29, 1.82) is 0 Å². The number of imidazole rings is 1. The minimum absolute atomic E-state index is 0.0257. The van der Waals surface area contributed by atoms with Gasteiger partial charge in [0.25, 0.3) is 0 Å². The minimum Gasteiger partial charge on any atom is -0.480 e. The third-order valence-electron chi connectivity index (χ3n) is 2.68. The van der Waals surface area contributed by atoms with Gasteiger partial charge in [-0.25, -0.2) is 4.98 Å². The highest BCUT2D eigenvalue weighted by Gasteiger charge is 2.16. The summed E-state index contributed by atoms with van der Waals surface area (Å²) in [6.07, 6.45) is 0.644. The van der Waals surface area contributed by atoms with E-state index in [1.54, 1.807) is 11.3 Å². The first-order valence-electron chi connectivity index (χ1n) is 5.55. The van der Waals surface area contributed by atoms with Crippen molar-refractivity contribution < 1.29 is 9.90 Å². The number of nitrogens with one attached hydrogen (secondary N) is 1. The van der Waals surface area contributed by atoms with Gasteiger partial charge in [-0.3, -0.25) is 9.20 Å². The van der Waals surface area contributed by atoms with E-state index in [1.807, 2.05) is 23.6 Å². The van der Waals surface area contributed by atoms with E-state index >= 15 is 0 Å². The van der Waals surface area contributed by atoms with Crippen molar-refractivity contribution in [1.82, 2.24) is 14.7 Å². The van der Waals surface area contributed by atoms with E-state index in [-0.39, 0.29) is 12.6 Å². The molecule has 0 fully saturated rings. The molecule has 0 aliphatic heterocycles. The SMILES string of the molecule is Cc1csc2nc(Cl)c(CC(C)NCC(=O)O)n12. The number of aromatic nitrogens is 2. The topological polar surface area (TPSA) is 66.6 Å². The lowest BCUT2D eigenvalue weighted by Gasteiger charge is -2.12. The molecular formula is C11H14ClN3O2S. The fourth-order valence-corrected chi connectivity index (χ4v) is 3.02. The normalized spacial score (nSPS) is 13.1. The van der Waals surface area contributed by atoms with E-state index in [0.717, 1.165) is 16.3 Å². The first-order valence-corrected chi connectivity index (χ1v) is 6.81. The van der Waals surface area contributed by atoms with Crippen molar-refractivity contribution in [3.63, 3.8) is 0 Å². The molecule has 2 aromatic rings. The molecule has 0 aromatic carbocycles. The molecule has 1 unspecified atom stereocenters. The molecule has 0 bridgehead atoms. The number of carboxylic acids is 1. The summed E-state index contributed by atoms with van der Waals surface area (Å²) < 4.78 is 2.02. The van der Waals surface area contributed by atoms with Crippen LogP contribution in [0.15, 0.2) is 5.38 Å². The molecule has 2 heterocycles. The number of carboxylic acid groups (broad SMARTS) is 1. The van der Waals surface area contributed by atoms with Crippen LogP contribution in [0.25, 0.3) is 4.96 Å². The Balaban J connectivity index is 2.17. The number of thiazole rings is 1. The number of hydrogen-bond acceptors (Lipinski definition) is 4. The van der Waals surface area contributed by atoms with E-state index in [2.05, 4.69) is 10.3 Å². The number of aryl methyl sites for hydroxylation is 1. The molecule has 0 radical (unpaired) electrons. The second kappa shape index (κ2) is 5.26. The molecule has 0 aliphatic rings. The van der Waals surface area contributed by atoms with Crippen molar-refractivity contribution in [2.75, 3.05) is 6.54 Å². The Hall–Kier alpha value is -1.11. The van der Waals surface area contributed by atoms with Crippen LogP contribution in [0, 0.1) is 6.92 Å². The Bertz CT molecular complexity index is 578. The standard InChI is InChI=1S/C11H14ClN3O2S/c1-6(13-4-9(16)17)3-8-10(12)14-11-15(8)7(2)5-18-11/h5-6,13H,3-4H2,1-2H3,(H,16,17). The maximum absolute atomic E-state index is 10.5. The lowest BCUT2D eigenvalue weighted by Crippen LogP contribution is -2.33. The third kappa shape index (κ3) is 2.66. The van der Waals surface area contributed by atoms with Gasteiger partial charge in [0.2, 0.25) is 0 Å². The molecule has 0 amide bonds. The largest absolute Gasteiger partial charge is 0.480 e. The van der Waals surface area contributed by atoms with Gasteiger partial charge in [0.15, 0.2) is 10.1 Å². The molecule has 0 aliphatic carbocycles. The van der Waals surface area contributed by atoms with Crippen LogP contribution < -0.4 is 5.32 Å². The Morgan fingerprint density at radius 1 is 1.72 bits per heavy atom. The fourth-order valence-electron chi connectivity index (χ4n) is 1.84. The number of carbonyl (C=O) groups is 1. The first-order chi connectivity index (χ1) is 8.49. The van der Waals surface area contributed by atoms with Crippen LogP contribution in [0.5, 0.6) is 0 Å². The smallest absolute Gasteiger partial charge is 0.317 e. The maximum atomic E-state index is 10.5. The van der Waals surface area contributed by atoms with Gasteiger partial charge in [-0.2, -0.15) is 0 Å². The summed E-state index contributed by atoms with van der Waals surface area (Å²) in [5.74, 6) is -0.863. The van der Waals surface area contributed by atoms with E-state index in [9.17, 15) is 4.79 Å². The van der Waals surface area contributed by atoms with Gasteiger partial charge in [-0.1, -0.05) is 11.6 Å². The van der Waals surface area contributed by atoms with Crippen molar-refractivity contribution in [3.8, 4) is 0 Å². The van der Waals surface area contributed by atoms with Crippen molar-refractivity contribution in [2.45, 2.75) is 26.3 Å². The lowest BCUT2D eigenvalue weighted by atomic mass is 10.2. The Labute approximate surface area is 113 Å². The zero-order valence-corrected chi connectivity index (χ0v) is 11.7. The van der Waals surface area contributed by atoms with Gasteiger partial charge < -0.3 is 10.4 Å². The second-order valence-electron chi connectivity index (χ2n) is 4.22. The summed E-state index contributed by atoms with van der Waals surface area (Å²) >= 11 is 7.67. The van der Waals surface area contributed by atoms with Crippen LogP contribution in [0.3, 0.4) is 0 Å². The molecule has 18 heavy (non-hydrogen) atoms. The molecule has 7 heteroatoms. The van der Waals surface area contributed by atoms with E-state index in [4.69, 9.17) is 16.7 Å². The highest BCUT2D eigenvalue weighted by molar-refractivity contribution is 7.15. The van der Waals surface area contributed by atoms with Crippen LogP contribution >= 0.6 is 22.9 Å². The third-order valence-corrected chi connectivity index (χ3v) is 3.93. The van der Waals surface area contributed by atoms with Gasteiger partial charge >= 0.3 is 5.97 Å². The fraction of sp³-hybridized carbons (Fsp3) is 0.455. The quantitative estimate of drug-likeness (QED) is 0.882. The van der Waals surface area contributed by atoms with Gasteiger partial charge in [0.1, 0.15) is 0 Å². The van der Waals surface area contributed by atoms with E-state index in [0.29, 0.717) is 11.6 Å². The number of halogens is 1. The summed E-state index contributed by atoms with van der Waals surface area (Å²) in [6.45, 7) is 3.88. The van der Waals surface area contributed by atoms with E-state index < -0.39 is 5.97 Å². The van der Waals surface area contributed by atoms with Gasteiger partial charge in [0.05, 0.1) is 12.2 Å². The van der Waals surface area contributed by atoms with E-state index in [1.165, 1.54) is 0 Å². The average molecular weight is 288 g/mol. The molecule has 98 valence electrons.